The molecule has 2 heterocycles. The van der Waals surface area contributed by atoms with E-state index in [0.29, 0.717) is 12.1 Å². The van der Waals surface area contributed by atoms with Gasteiger partial charge in [0.15, 0.2) is 0 Å². The van der Waals surface area contributed by atoms with Gasteiger partial charge in [0.1, 0.15) is 0 Å². The maximum absolute atomic E-state index is 4.90. The summed E-state index contributed by atoms with van der Waals surface area (Å²) in [6.07, 6.45) is 8.48. The molecule has 0 bridgehead atoms. The van der Waals surface area contributed by atoms with Gasteiger partial charge in [-0.1, -0.05) is 43.2 Å². The van der Waals surface area contributed by atoms with Crippen molar-refractivity contribution in [2.75, 3.05) is 19.6 Å². The molecule has 2 aliphatic heterocycles. The second-order valence-electron chi connectivity index (χ2n) is 5.97. The van der Waals surface area contributed by atoms with Gasteiger partial charge >= 0.3 is 0 Å². The number of hydrogen-bond donors (Lipinski definition) is 0. The molecule has 2 nitrogen and oxygen atoms in total. The van der Waals surface area contributed by atoms with Crippen molar-refractivity contribution in [3.8, 4) is 0 Å². The van der Waals surface area contributed by atoms with Crippen molar-refractivity contribution in [3.05, 3.63) is 35.9 Å². The van der Waals surface area contributed by atoms with Gasteiger partial charge in [0.05, 0.1) is 6.17 Å². The number of nitrogens with zero attached hydrogens (tertiary/aromatic N) is 2. The van der Waals surface area contributed by atoms with Gasteiger partial charge in [-0.25, -0.2) is 5.32 Å². The van der Waals surface area contributed by atoms with E-state index in [2.05, 4.69) is 35.2 Å². The Bertz CT molecular complexity index is 368. The molecule has 1 radical (unpaired) electrons. The van der Waals surface area contributed by atoms with Crippen LogP contribution >= 0.6 is 0 Å². The van der Waals surface area contributed by atoms with E-state index in [9.17, 15) is 0 Å². The summed E-state index contributed by atoms with van der Waals surface area (Å²) in [6, 6.07) is 11.0. The summed E-state index contributed by atoms with van der Waals surface area (Å²) in [6.45, 7) is 3.56. The van der Waals surface area contributed by atoms with Crippen LogP contribution in [0.1, 0.15) is 50.0 Å². The van der Waals surface area contributed by atoms with E-state index < -0.39 is 0 Å². The van der Waals surface area contributed by atoms with Crippen LogP contribution in [0.3, 0.4) is 0 Å². The topological polar surface area (TPSA) is 17.3 Å². The quantitative estimate of drug-likeness (QED) is 0.794. The fraction of sp³-hybridized carbons (Fsp3) is 0.647. The van der Waals surface area contributed by atoms with Gasteiger partial charge < -0.3 is 0 Å². The first-order chi connectivity index (χ1) is 9.43. The zero-order valence-electron chi connectivity index (χ0n) is 11.8. The summed E-state index contributed by atoms with van der Waals surface area (Å²) in [5.41, 5.74) is 1.51. The minimum absolute atomic E-state index is 0.483. The fourth-order valence-corrected chi connectivity index (χ4v) is 3.51. The third kappa shape index (κ3) is 3.37. The third-order valence-electron chi connectivity index (χ3n) is 4.65. The predicted octanol–water partition coefficient (Wildman–Crippen LogP) is 3.37. The zero-order chi connectivity index (χ0) is 12.9. The minimum Gasteiger partial charge on any atom is -0.287 e. The van der Waals surface area contributed by atoms with Gasteiger partial charge in [-0.2, -0.15) is 0 Å². The lowest BCUT2D eigenvalue weighted by molar-refractivity contribution is 0.129. The van der Waals surface area contributed by atoms with Crippen LogP contribution in [-0.4, -0.2) is 30.7 Å². The van der Waals surface area contributed by atoms with Crippen molar-refractivity contribution >= 4 is 0 Å². The normalized spacial score (nSPS) is 29.9. The molecular formula is C17H25N2. The molecule has 1 aromatic rings. The highest BCUT2D eigenvalue weighted by Gasteiger charge is 2.28. The third-order valence-corrected chi connectivity index (χ3v) is 4.65. The molecule has 2 atom stereocenters. The van der Waals surface area contributed by atoms with Gasteiger partial charge in [0, 0.05) is 6.54 Å². The highest BCUT2D eigenvalue weighted by Crippen LogP contribution is 2.30. The molecule has 2 aliphatic rings. The van der Waals surface area contributed by atoms with E-state index in [1.54, 1.807) is 0 Å². The van der Waals surface area contributed by atoms with Crippen LogP contribution in [0.15, 0.2) is 30.3 Å². The molecule has 0 N–H and O–H groups in total. The highest BCUT2D eigenvalue weighted by molar-refractivity contribution is 5.20. The first-order valence-corrected chi connectivity index (χ1v) is 7.89. The average molecular weight is 257 g/mol. The van der Waals surface area contributed by atoms with E-state index in [0.717, 1.165) is 6.54 Å². The van der Waals surface area contributed by atoms with Crippen LogP contribution in [0.2, 0.25) is 0 Å². The molecular weight excluding hydrogens is 232 g/mol. The Hall–Kier alpha value is -0.860. The lowest BCUT2D eigenvalue weighted by Crippen LogP contribution is -2.46. The summed E-state index contributed by atoms with van der Waals surface area (Å²) in [7, 11) is 0. The smallest absolute Gasteiger partial charge is 0.0766 e. The molecule has 19 heavy (non-hydrogen) atoms. The Morgan fingerprint density at radius 2 is 1.68 bits per heavy atom. The molecule has 0 aromatic heterocycles. The zero-order valence-corrected chi connectivity index (χ0v) is 11.8. The van der Waals surface area contributed by atoms with E-state index in [1.165, 1.54) is 57.2 Å². The van der Waals surface area contributed by atoms with E-state index >= 15 is 0 Å². The first kappa shape index (κ1) is 13.1. The SMILES string of the molecule is c1ccc(C2CC[N]C(N3CCCCCC3)C2)cc1. The Labute approximate surface area is 117 Å². The summed E-state index contributed by atoms with van der Waals surface area (Å²) in [5.74, 6) is 0.715. The van der Waals surface area contributed by atoms with Crippen molar-refractivity contribution in [1.29, 1.82) is 0 Å². The van der Waals surface area contributed by atoms with Crippen molar-refractivity contribution in [2.45, 2.75) is 50.6 Å². The van der Waals surface area contributed by atoms with Gasteiger partial charge in [-0.05, 0) is 50.3 Å². The van der Waals surface area contributed by atoms with Crippen LogP contribution < -0.4 is 5.32 Å². The average Bonchev–Trinajstić information content (AvgIpc) is 2.77. The highest BCUT2D eigenvalue weighted by atomic mass is 15.3. The molecule has 1 aromatic carbocycles. The van der Waals surface area contributed by atoms with Gasteiger partial charge in [0.25, 0.3) is 0 Å². The fourth-order valence-electron chi connectivity index (χ4n) is 3.51. The molecule has 0 amide bonds. The number of likely N-dealkylation sites (tertiary alicyclic amines) is 1. The molecule has 2 unspecified atom stereocenters. The van der Waals surface area contributed by atoms with E-state index in [-0.39, 0.29) is 0 Å². The van der Waals surface area contributed by atoms with Gasteiger partial charge in [-0.15, -0.1) is 0 Å². The number of hydrogen-bond acceptors (Lipinski definition) is 1. The Balaban J connectivity index is 1.64. The molecule has 0 spiro atoms. The van der Waals surface area contributed by atoms with Crippen LogP contribution in [0.4, 0.5) is 0 Å². The number of piperidine rings is 1. The molecule has 0 aliphatic carbocycles. The summed E-state index contributed by atoms with van der Waals surface area (Å²) < 4.78 is 0. The summed E-state index contributed by atoms with van der Waals surface area (Å²) in [4.78, 5) is 2.64. The first-order valence-electron chi connectivity index (χ1n) is 7.89. The Kier molecular flexibility index (Phi) is 4.52. The molecule has 2 saturated heterocycles. The lowest BCUT2D eigenvalue weighted by Gasteiger charge is -2.36. The van der Waals surface area contributed by atoms with Gasteiger partial charge in [-0.3, -0.25) is 4.90 Å². The standard InChI is InChI=1S/C17H25N2/c1-2-7-13-19(12-6-1)17-14-16(10-11-18-17)15-8-4-3-5-9-15/h3-5,8-9,16-17H,1-2,6-7,10-14H2. The van der Waals surface area contributed by atoms with Crippen molar-refractivity contribution in [2.24, 2.45) is 0 Å². The Morgan fingerprint density at radius 3 is 2.42 bits per heavy atom. The van der Waals surface area contributed by atoms with E-state index in [4.69, 9.17) is 5.32 Å². The minimum atomic E-state index is 0.483. The van der Waals surface area contributed by atoms with Crippen molar-refractivity contribution in [1.82, 2.24) is 10.2 Å². The largest absolute Gasteiger partial charge is 0.287 e. The van der Waals surface area contributed by atoms with Crippen LogP contribution in [0, 0.1) is 0 Å². The second-order valence-corrected chi connectivity index (χ2v) is 5.97. The molecule has 2 fully saturated rings. The van der Waals surface area contributed by atoms with Crippen molar-refractivity contribution in [3.63, 3.8) is 0 Å². The molecule has 2 heteroatoms. The maximum Gasteiger partial charge on any atom is 0.0766 e. The van der Waals surface area contributed by atoms with Gasteiger partial charge in [0.2, 0.25) is 0 Å². The molecule has 103 valence electrons. The Morgan fingerprint density at radius 1 is 0.947 bits per heavy atom. The maximum atomic E-state index is 4.90. The number of rotatable bonds is 2. The van der Waals surface area contributed by atoms with E-state index in [1.807, 2.05) is 0 Å². The van der Waals surface area contributed by atoms with Crippen LogP contribution in [-0.2, 0) is 0 Å². The summed E-state index contributed by atoms with van der Waals surface area (Å²) >= 11 is 0. The molecule has 3 rings (SSSR count). The summed E-state index contributed by atoms with van der Waals surface area (Å²) in [5, 5.41) is 4.90. The lowest BCUT2D eigenvalue weighted by atomic mass is 9.88. The monoisotopic (exact) mass is 257 g/mol. The van der Waals surface area contributed by atoms with Crippen LogP contribution in [0.5, 0.6) is 0 Å². The molecule has 0 saturated carbocycles. The van der Waals surface area contributed by atoms with Crippen LogP contribution in [0.25, 0.3) is 0 Å². The predicted molar refractivity (Wildman–Crippen MR) is 79.2 cm³/mol. The number of benzene rings is 1. The van der Waals surface area contributed by atoms with Crippen molar-refractivity contribution < 1.29 is 0 Å². The second kappa shape index (κ2) is 6.53.